The number of hydrogen-bond donors (Lipinski definition) is 0. The van der Waals surface area contributed by atoms with Gasteiger partial charge in [0.2, 0.25) is 0 Å². The number of thiazole rings is 1. The van der Waals surface area contributed by atoms with E-state index >= 15 is 0 Å². The highest BCUT2D eigenvalue weighted by atomic mass is 32.1. The van der Waals surface area contributed by atoms with Crippen LogP contribution in [0.4, 0.5) is 0 Å². The Morgan fingerprint density at radius 1 is 1.82 bits per heavy atom. The van der Waals surface area contributed by atoms with E-state index in [1.807, 2.05) is 6.92 Å². The van der Waals surface area contributed by atoms with Crippen LogP contribution in [0.5, 0.6) is 0 Å². The lowest BCUT2D eigenvalue weighted by atomic mass is 10.4. The number of aromatic nitrogens is 1. The Morgan fingerprint density at radius 3 is 3.00 bits per heavy atom. The molecule has 4 heteroatoms. The molecule has 0 aromatic carbocycles. The molecule has 0 fully saturated rings. The first-order chi connectivity index (χ1) is 5.25. The summed E-state index contributed by atoms with van der Waals surface area (Å²) in [4.78, 5) is 15.6. The number of rotatable bonds is 2. The molecule has 0 saturated carbocycles. The van der Waals surface area contributed by atoms with Gasteiger partial charge < -0.3 is 4.74 Å². The van der Waals surface area contributed by atoms with Gasteiger partial charge in [0.1, 0.15) is 0 Å². The standard InChI is InChI=1S/C7H8NO2S/c1-3-10-7(9)6-5(2)11-4-8-6/h3H2,1-2H3. The van der Waals surface area contributed by atoms with Gasteiger partial charge >= 0.3 is 5.97 Å². The molecule has 0 aliphatic carbocycles. The minimum Gasteiger partial charge on any atom is -0.461 e. The van der Waals surface area contributed by atoms with Crippen LogP contribution < -0.4 is 0 Å². The Balaban J connectivity index is 2.76. The Kier molecular flexibility index (Phi) is 2.59. The second-order valence-corrected chi connectivity index (χ2v) is 2.93. The molecule has 1 aromatic rings. The number of esters is 1. The number of carbonyl (C=O) groups is 1. The van der Waals surface area contributed by atoms with Crippen LogP contribution in [-0.4, -0.2) is 17.6 Å². The SMILES string of the molecule is CCOC(=O)c1n[c]sc1C. The summed E-state index contributed by atoms with van der Waals surface area (Å²) in [5, 5.41) is 0. The monoisotopic (exact) mass is 170 g/mol. The fourth-order valence-corrected chi connectivity index (χ4v) is 1.15. The summed E-state index contributed by atoms with van der Waals surface area (Å²) in [7, 11) is 0. The summed E-state index contributed by atoms with van der Waals surface area (Å²) >= 11 is 1.32. The molecular formula is C7H8NO2S. The quantitative estimate of drug-likeness (QED) is 0.630. The largest absolute Gasteiger partial charge is 0.461 e. The van der Waals surface area contributed by atoms with Gasteiger partial charge in [0.15, 0.2) is 11.2 Å². The van der Waals surface area contributed by atoms with Crippen LogP contribution in [0.1, 0.15) is 22.3 Å². The third-order valence-electron chi connectivity index (χ3n) is 1.16. The average molecular weight is 170 g/mol. The highest BCUT2D eigenvalue weighted by Crippen LogP contribution is 2.11. The van der Waals surface area contributed by atoms with E-state index < -0.39 is 0 Å². The first-order valence-electron chi connectivity index (χ1n) is 3.26. The van der Waals surface area contributed by atoms with Crippen LogP contribution in [-0.2, 0) is 4.74 Å². The number of aryl methyl sites for hydroxylation is 1. The average Bonchev–Trinajstić information content (AvgIpc) is 2.36. The second kappa shape index (κ2) is 3.48. The van der Waals surface area contributed by atoms with E-state index in [2.05, 4.69) is 10.5 Å². The normalized spacial score (nSPS) is 9.64. The molecule has 1 aromatic heterocycles. The van der Waals surface area contributed by atoms with E-state index in [-0.39, 0.29) is 5.97 Å². The molecule has 0 N–H and O–H groups in total. The van der Waals surface area contributed by atoms with E-state index in [9.17, 15) is 4.79 Å². The summed E-state index contributed by atoms with van der Waals surface area (Å²) in [6.45, 7) is 3.97. The first kappa shape index (κ1) is 8.20. The van der Waals surface area contributed by atoms with Gasteiger partial charge in [-0.2, -0.15) is 0 Å². The number of carbonyl (C=O) groups excluding carboxylic acids is 1. The third kappa shape index (κ3) is 1.77. The maximum Gasteiger partial charge on any atom is 0.358 e. The fourth-order valence-electron chi connectivity index (χ4n) is 0.653. The lowest BCUT2D eigenvalue weighted by molar-refractivity contribution is 0.0519. The molecule has 59 valence electrons. The Labute approximate surface area is 69.0 Å². The highest BCUT2D eigenvalue weighted by molar-refractivity contribution is 7.09. The van der Waals surface area contributed by atoms with Crippen LogP contribution in [0.25, 0.3) is 0 Å². The number of ether oxygens (including phenoxy) is 1. The summed E-state index contributed by atoms with van der Waals surface area (Å²) in [6.07, 6.45) is 0. The van der Waals surface area contributed by atoms with Crippen molar-refractivity contribution in [2.24, 2.45) is 0 Å². The Hall–Kier alpha value is -0.900. The zero-order valence-electron chi connectivity index (χ0n) is 6.38. The van der Waals surface area contributed by atoms with Crippen molar-refractivity contribution in [3.05, 3.63) is 16.1 Å². The van der Waals surface area contributed by atoms with Crippen molar-refractivity contribution in [1.82, 2.24) is 4.98 Å². The maximum absolute atomic E-state index is 11.0. The van der Waals surface area contributed by atoms with Gasteiger partial charge in [0, 0.05) is 4.88 Å². The topological polar surface area (TPSA) is 39.2 Å². The van der Waals surface area contributed by atoms with Crippen molar-refractivity contribution in [2.75, 3.05) is 6.61 Å². The predicted octanol–water partition coefficient (Wildman–Crippen LogP) is 1.43. The van der Waals surface area contributed by atoms with Gasteiger partial charge in [-0.05, 0) is 13.8 Å². The van der Waals surface area contributed by atoms with E-state index in [0.717, 1.165) is 4.88 Å². The maximum atomic E-state index is 11.0. The Morgan fingerprint density at radius 2 is 2.55 bits per heavy atom. The first-order valence-corrected chi connectivity index (χ1v) is 4.08. The molecule has 1 heterocycles. The zero-order valence-corrected chi connectivity index (χ0v) is 7.20. The predicted molar refractivity (Wildman–Crippen MR) is 41.6 cm³/mol. The van der Waals surface area contributed by atoms with Gasteiger partial charge in [0.25, 0.3) is 0 Å². The van der Waals surface area contributed by atoms with Crippen LogP contribution in [0, 0.1) is 12.4 Å². The van der Waals surface area contributed by atoms with Crippen molar-refractivity contribution in [3.63, 3.8) is 0 Å². The number of hydrogen-bond acceptors (Lipinski definition) is 4. The van der Waals surface area contributed by atoms with Crippen LogP contribution in [0.15, 0.2) is 0 Å². The molecule has 0 aliphatic rings. The van der Waals surface area contributed by atoms with Crippen LogP contribution in [0.2, 0.25) is 0 Å². The molecule has 1 rings (SSSR count). The summed E-state index contributed by atoms with van der Waals surface area (Å²) in [5.74, 6) is -0.359. The molecule has 1 radical (unpaired) electrons. The molecule has 0 amide bonds. The fraction of sp³-hybridized carbons (Fsp3) is 0.429. The second-order valence-electron chi connectivity index (χ2n) is 1.93. The van der Waals surface area contributed by atoms with E-state index in [1.54, 1.807) is 6.92 Å². The van der Waals surface area contributed by atoms with Gasteiger partial charge in [-0.3, -0.25) is 0 Å². The summed E-state index contributed by atoms with van der Waals surface area (Å²) in [6, 6.07) is 0. The zero-order chi connectivity index (χ0) is 8.27. The summed E-state index contributed by atoms with van der Waals surface area (Å²) in [5.41, 5.74) is 3.01. The van der Waals surface area contributed by atoms with Crippen LogP contribution >= 0.6 is 11.3 Å². The molecule has 0 spiro atoms. The molecule has 0 saturated heterocycles. The van der Waals surface area contributed by atoms with Crippen molar-refractivity contribution in [3.8, 4) is 0 Å². The molecule has 0 aliphatic heterocycles. The summed E-state index contributed by atoms with van der Waals surface area (Å²) < 4.78 is 4.75. The van der Waals surface area contributed by atoms with Crippen molar-refractivity contribution >= 4 is 17.3 Å². The molecular weight excluding hydrogens is 162 g/mol. The molecule has 0 atom stereocenters. The lowest BCUT2D eigenvalue weighted by Crippen LogP contribution is -2.05. The smallest absolute Gasteiger partial charge is 0.358 e. The van der Waals surface area contributed by atoms with Crippen molar-refractivity contribution in [2.45, 2.75) is 13.8 Å². The Bertz CT molecular complexity index is 257. The minimum absolute atomic E-state index is 0.359. The molecule has 0 unspecified atom stereocenters. The third-order valence-corrected chi connectivity index (χ3v) is 1.84. The number of nitrogens with zero attached hydrogens (tertiary/aromatic N) is 1. The van der Waals surface area contributed by atoms with Crippen molar-refractivity contribution in [1.29, 1.82) is 0 Å². The van der Waals surface area contributed by atoms with Gasteiger partial charge in [0.05, 0.1) is 6.61 Å². The van der Waals surface area contributed by atoms with E-state index in [0.29, 0.717) is 12.3 Å². The molecule has 3 nitrogen and oxygen atoms in total. The van der Waals surface area contributed by atoms with E-state index in [4.69, 9.17) is 4.74 Å². The molecule has 11 heavy (non-hydrogen) atoms. The molecule has 0 bridgehead atoms. The van der Waals surface area contributed by atoms with Gasteiger partial charge in [-0.25, -0.2) is 9.78 Å². The minimum atomic E-state index is -0.359. The highest BCUT2D eigenvalue weighted by Gasteiger charge is 2.12. The van der Waals surface area contributed by atoms with Gasteiger partial charge in [-0.15, -0.1) is 11.3 Å². The lowest BCUT2D eigenvalue weighted by Gasteiger charge is -1.97. The van der Waals surface area contributed by atoms with E-state index in [1.165, 1.54) is 11.3 Å². The van der Waals surface area contributed by atoms with Gasteiger partial charge in [-0.1, -0.05) is 0 Å². The van der Waals surface area contributed by atoms with Crippen LogP contribution in [0.3, 0.4) is 0 Å². The van der Waals surface area contributed by atoms with Crippen molar-refractivity contribution < 1.29 is 9.53 Å².